The molecule has 0 saturated carbocycles. The highest BCUT2D eigenvalue weighted by Crippen LogP contribution is 2.46. The summed E-state index contributed by atoms with van der Waals surface area (Å²) >= 11 is 6.03. The Hall–Kier alpha value is -3.09. The monoisotopic (exact) mass is 612 g/mol. The third-order valence-corrected chi connectivity index (χ3v) is 7.48. The van der Waals surface area contributed by atoms with Crippen LogP contribution in [0.25, 0.3) is 0 Å². The number of halogens is 1. The van der Waals surface area contributed by atoms with Gasteiger partial charge in [0.15, 0.2) is 0 Å². The predicted molar refractivity (Wildman–Crippen MR) is 156 cm³/mol. The Morgan fingerprint density at radius 1 is 1.10 bits per heavy atom. The molecule has 236 valence electrons. The zero-order valence-corrected chi connectivity index (χ0v) is 26.5. The number of hydrogen-bond acceptors (Lipinski definition) is 9. The van der Waals surface area contributed by atoms with Crippen LogP contribution in [0.3, 0.4) is 0 Å². The molecular formula is C29H45ClN4O8. The predicted octanol–water partition coefficient (Wildman–Crippen LogP) is 3.28. The van der Waals surface area contributed by atoms with Crippen LogP contribution < -0.4 is 16.4 Å². The van der Waals surface area contributed by atoms with Crippen LogP contribution in [0.5, 0.6) is 0 Å². The van der Waals surface area contributed by atoms with Gasteiger partial charge in [-0.3, -0.25) is 4.79 Å². The Morgan fingerprint density at radius 2 is 1.69 bits per heavy atom. The minimum atomic E-state index is -1.25. The summed E-state index contributed by atoms with van der Waals surface area (Å²) < 4.78 is 14.7. The van der Waals surface area contributed by atoms with Crippen LogP contribution >= 0.6 is 11.6 Å². The maximum Gasteiger partial charge on any atom is 0.511 e. The first-order valence-corrected chi connectivity index (χ1v) is 14.2. The number of esters is 1. The molecule has 1 unspecified atom stereocenters. The van der Waals surface area contributed by atoms with E-state index < -0.39 is 53.1 Å². The van der Waals surface area contributed by atoms with E-state index in [4.69, 9.17) is 31.5 Å². The number of likely N-dealkylation sites (tertiary alicyclic amines) is 1. The van der Waals surface area contributed by atoms with Crippen molar-refractivity contribution in [2.45, 2.75) is 84.6 Å². The molecule has 42 heavy (non-hydrogen) atoms. The van der Waals surface area contributed by atoms with Gasteiger partial charge in [-0.2, -0.15) is 0 Å². The number of nitrogens with one attached hydrogen (secondary N) is 2. The number of urea groups is 1. The molecule has 1 saturated heterocycles. The van der Waals surface area contributed by atoms with Crippen molar-refractivity contribution in [2.75, 3.05) is 26.4 Å². The number of aliphatic hydroxyl groups is 1. The summed E-state index contributed by atoms with van der Waals surface area (Å²) in [5, 5.41) is 17.5. The molecule has 0 aromatic heterocycles. The quantitative estimate of drug-likeness (QED) is 0.229. The standard InChI is InChI=1S/C29H45ClN4O8/c1-18(2)21(22(35)34-14-13-29(39,26(3,4)16-34)19-9-11-20(30)12-10-19)33-24(37)32-15-27(5,6)42-25(38)41-17-40-23(36)28(7,8)31/h9-12,18,21,39H,13-17,31H2,1-8H3,(H2,32,33,37)/t21?,29-/m0/s1. The van der Waals surface area contributed by atoms with Gasteiger partial charge in [0, 0.05) is 23.5 Å². The minimum Gasteiger partial charge on any atom is -0.426 e. The Kier molecular flexibility index (Phi) is 11.3. The van der Waals surface area contributed by atoms with Crippen molar-refractivity contribution in [3.05, 3.63) is 34.9 Å². The smallest absolute Gasteiger partial charge is 0.426 e. The molecule has 3 amide bonds. The highest BCUT2D eigenvalue weighted by Gasteiger charge is 2.50. The van der Waals surface area contributed by atoms with Gasteiger partial charge in [-0.1, -0.05) is 51.4 Å². The zero-order valence-electron chi connectivity index (χ0n) is 25.7. The van der Waals surface area contributed by atoms with Crippen molar-refractivity contribution in [2.24, 2.45) is 17.1 Å². The third-order valence-electron chi connectivity index (χ3n) is 7.23. The summed E-state index contributed by atoms with van der Waals surface area (Å²) in [4.78, 5) is 51.7. The number of hydrogen-bond donors (Lipinski definition) is 4. The van der Waals surface area contributed by atoms with Gasteiger partial charge >= 0.3 is 18.2 Å². The van der Waals surface area contributed by atoms with Crippen LogP contribution in [0.1, 0.15) is 67.4 Å². The van der Waals surface area contributed by atoms with E-state index in [9.17, 15) is 24.3 Å². The molecule has 0 aliphatic carbocycles. The molecule has 1 aromatic carbocycles. The number of nitrogens with two attached hydrogens (primary N) is 1. The molecule has 5 N–H and O–H groups in total. The molecule has 2 atom stereocenters. The molecule has 1 heterocycles. The number of benzene rings is 1. The van der Waals surface area contributed by atoms with Crippen LogP contribution in [0.4, 0.5) is 9.59 Å². The molecule has 0 radical (unpaired) electrons. The molecule has 13 heteroatoms. The molecule has 1 aromatic rings. The van der Waals surface area contributed by atoms with Crippen LogP contribution in [-0.2, 0) is 29.4 Å². The molecular weight excluding hydrogens is 568 g/mol. The number of carbonyl (C=O) groups excluding carboxylic acids is 4. The number of ether oxygens (including phenoxy) is 3. The van der Waals surface area contributed by atoms with Crippen molar-refractivity contribution < 1.29 is 38.5 Å². The van der Waals surface area contributed by atoms with Crippen molar-refractivity contribution >= 4 is 35.7 Å². The second-order valence-corrected chi connectivity index (χ2v) is 13.3. The molecule has 0 spiro atoms. The molecule has 12 nitrogen and oxygen atoms in total. The fraction of sp³-hybridized carbons (Fsp3) is 0.655. The number of carbonyl (C=O) groups is 4. The van der Waals surface area contributed by atoms with E-state index in [0.29, 0.717) is 18.0 Å². The van der Waals surface area contributed by atoms with Gasteiger partial charge in [-0.25, -0.2) is 14.4 Å². The molecule has 1 aliphatic rings. The average molecular weight is 613 g/mol. The number of piperidine rings is 1. The van der Waals surface area contributed by atoms with Gasteiger partial charge in [-0.05, 0) is 57.7 Å². The van der Waals surface area contributed by atoms with Crippen LogP contribution in [0.15, 0.2) is 24.3 Å². The average Bonchev–Trinajstić information content (AvgIpc) is 2.86. The summed E-state index contributed by atoms with van der Waals surface area (Å²) in [6.07, 6.45) is -0.791. The molecule has 1 fully saturated rings. The minimum absolute atomic E-state index is 0.104. The van der Waals surface area contributed by atoms with E-state index in [0.717, 1.165) is 5.56 Å². The fourth-order valence-electron chi connectivity index (χ4n) is 4.57. The fourth-order valence-corrected chi connectivity index (χ4v) is 4.70. The number of amides is 3. The van der Waals surface area contributed by atoms with Gasteiger partial charge in [0.05, 0.1) is 12.1 Å². The number of rotatable bonds is 10. The zero-order chi connectivity index (χ0) is 32.1. The lowest BCUT2D eigenvalue weighted by atomic mass is 9.66. The first-order chi connectivity index (χ1) is 19.2. The van der Waals surface area contributed by atoms with E-state index >= 15 is 0 Å². The molecule has 1 aliphatic heterocycles. The SMILES string of the molecule is CC(C)C(NC(=O)NCC(C)(C)OC(=O)OCOC(=O)C(C)(C)N)C(=O)N1CC[C@](O)(c2ccc(Cl)cc2)C(C)(C)C1. The van der Waals surface area contributed by atoms with Gasteiger partial charge < -0.3 is 40.6 Å². The van der Waals surface area contributed by atoms with E-state index in [1.54, 1.807) is 43.0 Å². The van der Waals surface area contributed by atoms with Crippen molar-refractivity contribution in [3.8, 4) is 0 Å². The Bertz CT molecular complexity index is 1130. The first kappa shape index (κ1) is 35.1. The Balaban J connectivity index is 1.93. The Labute approximate surface area is 252 Å². The molecule has 2 rings (SSSR count). The van der Waals surface area contributed by atoms with E-state index in [1.165, 1.54) is 13.8 Å². The number of nitrogens with zero attached hydrogens (tertiary/aromatic N) is 1. The maximum absolute atomic E-state index is 13.6. The first-order valence-electron chi connectivity index (χ1n) is 13.8. The third kappa shape index (κ3) is 9.20. The van der Waals surface area contributed by atoms with Crippen LogP contribution in [0.2, 0.25) is 5.02 Å². The highest BCUT2D eigenvalue weighted by molar-refractivity contribution is 6.30. The van der Waals surface area contributed by atoms with E-state index in [1.807, 2.05) is 27.7 Å². The topological polar surface area (TPSA) is 170 Å². The summed E-state index contributed by atoms with van der Waals surface area (Å²) in [5.74, 6) is -1.25. The second kappa shape index (κ2) is 13.5. The lowest BCUT2D eigenvalue weighted by Crippen LogP contribution is -2.61. The van der Waals surface area contributed by atoms with Gasteiger partial charge in [0.2, 0.25) is 12.7 Å². The second-order valence-electron chi connectivity index (χ2n) is 12.8. The van der Waals surface area contributed by atoms with Crippen molar-refractivity contribution in [3.63, 3.8) is 0 Å². The summed E-state index contributed by atoms with van der Waals surface area (Å²) in [7, 11) is 0. The Morgan fingerprint density at radius 3 is 2.21 bits per heavy atom. The summed E-state index contributed by atoms with van der Waals surface area (Å²) in [6, 6.07) is 5.60. The lowest BCUT2D eigenvalue weighted by Gasteiger charge is -2.51. The highest BCUT2D eigenvalue weighted by atomic mass is 35.5. The maximum atomic E-state index is 13.6. The lowest BCUT2D eigenvalue weighted by molar-refractivity contribution is -0.159. The van der Waals surface area contributed by atoms with Gasteiger partial charge in [0.25, 0.3) is 0 Å². The van der Waals surface area contributed by atoms with Crippen LogP contribution in [0, 0.1) is 11.3 Å². The van der Waals surface area contributed by atoms with Crippen LogP contribution in [-0.4, -0.2) is 77.7 Å². The van der Waals surface area contributed by atoms with Crippen molar-refractivity contribution in [1.82, 2.24) is 15.5 Å². The van der Waals surface area contributed by atoms with Gasteiger partial charge in [-0.15, -0.1) is 0 Å². The van der Waals surface area contributed by atoms with Crippen molar-refractivity contribution in [1.29, 1.82) is 0 Å². The van der Waals surface area contributed by atoms with Gasteiger partial charge in [0.1, 0.15) is 17.2 Å². The summed E-state index contributed by atoms with van der Waals surface area (Å²) in [5.41, 5.74) is 2.04. The normalized spacial score (nSPS) is 19.5. The van der Waals surface area contributed by atoms with E-state index in [-0.39, 0.29) is 24.9 Å². The van der Waals surface area contributed by atoms with E-state index in [2.05, 4.69) is 10.6 Å². The molecule has 0 bridgehead atoms. The largest absolute Gasteiger partial charge is 0.511 e. The summed E-state index contributed by atoms with van der Waals surface area (Å²) in [6.45, 7) is 13.2.